The zero-order valence-corrected chi connectivity index (χ0v) is 15.1. The van der Waals surface area contributed by atoms with E-state index in [9.17, 15) is 5.11 Å². The molecular formula is C20H22N2OS. The van der Waals surface area contributed by atoms with Crippen molar-refractivity contribution in [3.8, 4) is 11.3 Å². The molecule has 4 heteroatoms. The van der Waals surface area contributed by atoms with Crippen LogP contribution < -0.4 is 4.80 Å². The Hall–Kier alpha value is -2.17. The molecule has 0 fully saturated rings. The van der Waals surface area contributed by atoms with Gasteiger partial charge in [0.1, 0.15) is 0 Å². The summed E-state index contributed by atoms with van der Waals surface area (Å²) in [4.78, 5) is 5.67. The van der Waals surface area contributed by atoms with E-state index >= 15 is 0 Å². The normalized spacial score (nSPS) is 11.9. The van der Waals surface area contributed by atoms with Crippen LogP contribution in [0.1, 0.15) is 16.7 Å². The Balaban J connectivity index is 2.12. The van der Waals surface area contributed by atoms with Crippen LogP contribution in [0, 0.1) is 20.8 Å². The first-order valence-corrected chi connectivity index (χ1v) is 8.94. The lowest BCUT2D eigenvalue weighted by Gasteiger charge is -2.10. The Morgan fingerprint density at radius 3 is 2.38 bits per heavy atom. The lowest BCUT2D eigenvalue weighted by atomic mass is 10.0. The standard InChI is InChI=1S/C20H22N2OS/c1-14-4-7-17(8-5-14)21-20-22(10-11-23)19(13-24-20)18-9-6-15(2)12-16(18)3/h4-9,12-13,23H,10-11H2,1-3H3. The lowest BCUT2D eigenvalue weighted by Crippen LogP contribution is -2.18. The summed E-state index contributed by atoms with van der Waals surface area (Å²) in [6.45, 7) is 6.93. The van der Waals surface area contributed by atoms with Gasteiger partial charge in [0.05, 0.1) is 18.0 Å². The minimum Gasteiger partial charge on any atom is -0.395 e. The molecular weight excluding hydrogens is 316 g/mol. The van der Waals surface area contributed by atoms with Crippen molar-refractivity contribution < 1.29 is 5.11 Å². The summed E-state index contributed by atoms with van der Waals surface area (Å²) in [7, 11) is 0. The first-order chi connectivity index (χ1) is 11.6. The number of nitrogens with zero attached hydrogens (tertiary/aromatic N) is 2. The second kappa shape index (κ2) is 7.16. The third kappa shape index (κ3) is 3.50. The van der Waals surface area contributed by atoms with Gasteiger partial charge in [0, 0.05) is 17.5 Å². The molecule has 0 amide bonds. The van der Waals surface area contributed by atoms with E-state index in [1.54, 1.807) is 11.3 Å². The summed E-state index contributed by atoms with van der Waals surface area (Å²) in [5.74, 6) is 0. The maximum absolute atomic E-state index is 9.49. The Morgan fingerprint density at radius 1 is 1.00 bits per heavy atom. The Morgan fingerprint density at radius 2 is 1.71 bits per heavy atom. The number of hydrogen-bond donors (Lipinski definition) is 1. The van der Waals surface area contributed by atoms with Crippen LogP contribution in [-0.2, 0) is 6.54 Å². The zero-order chi connectivity index (χ0) is 17.1. The first-order valence-electron chi connectivity index (χ1n) is 8.06. The second-order valence-corrected chi connectivity index (χ2v) is 6.88. The van der Waals surface area contributed by atoms with Crippen molar-refractivity contribution in [2.75, 3.05) is 6.61 Å². The van der Waals surface area contributed by atoms with Crippen LogP contribution in [0.25, 0.3) is 11.3 Å². The van der Waals surface area contributed by atoms with Crippen molar-refractivity contribution in [2.24, 2.45) is 4.99 Å². The fourth-order valence-corrected chi connectivity index (χ4v) is 3.73. The Bertz CT molecular complexity index is 904. The number of aliphatic hydroxyl groups is 1. The van der Waals surface area contributed by atoms with Crippen LogP contribution in [0.5, 0.6) is 0 Å². The van der Waals surface area contributed by atoms with Crippen LogP contribution >= 0.6 is 11.3 Å². The third-order valence-corrected chi connectivity index (χ3v) is 4.90. The van der Waals surface area contributed by atoms with Crippen molar-refractivity contribution in [1.29, 1.82) is 0 Å². The fraction of sp³-hybridized carbons (Fsp3) is 0.250. The van der Waals surface area contributed by atoms with Crippen LogP contribution in [-0.4, -0.2) is 16.3 Å². The molecule has 3 aromatic rings. The van der Waals surface area contributed by atoms with E-state index < -0.39 is 0 Å². The Labute approximate surface area is 146 Å². The maximum Gasteiger partial charge on any atom is 0.190 e. The number of thiazole rings is 1. The predicted molar refractivity (Wildman–Crippen MR) is 101 cm³/mol. The average Bonchev–Trinajstić information content (AvgIpc) is 2.93. The predicted octanol–water partition coefficient (Wildman–Crippen LogP) is 4.37. The molecule has 0 aliphatic rings. The van der Waals surface area contributed by atoms with E-state index in [-0.39, 0.29) is 6.61 Å². The van der Waals surface area contributed by atoms with Crippen LogP contribution in [0.15, 0.2) is 52.8 Å². The fourth-order valence-electron chi connectivity index (χ4n) is 2.78. The highest BCUT2D eigenvalue weighted by Crippen LogP contribution is 2.25. The molecule has 0 unspecified atom stereocenters. The van der Waals surface area contributed by atoms with E-state index in [1.807, 2.05) is 12.1 Å². The number of aryl methyl sites for hydroxylation is 3. The minimum absolute atomic E-state index is 0.0930. The van der Waals surface area contributed by atoms with Gasteiger partial charge in [-0.1, -0.05) is 41.5 Å². The summed E-state index contributed by atoms with van der Waals surface area (Å²) in [5.41, 5.74) is 6.94. The van der Waals surface area contributed by atoms with Gasteiger partial charge in [0.25, 0.3) is 0 Å². The molecule has 1 aromatic heterocycles. The van der Waals surface area contributed by atoms with Crippen LogP contribution in [0.4, 0.5) is 5.69 Å². The van der Waals surface area contributed by atoms with Gasteiger partial charge in [-0.3, -0.25) is 0 Å². The molecule has 3 rings (SSSR count). The molecule has 0 aliphatic heterocycles. The summed E-state index contributed by atoms with van der Waals surface area (Å²) in [6.07, 6.45) is 0. The van der Waals surface area contributed by atoms with Crippen LogP contribution in [0.3, 0.4) is 0 Å². The second-order valence-electron chi connectivity index (χ2n) is 6.04. The topological polar surface area (TPSA) is 37.5 Å². The molecule has 0 atom stereocenters. The van der Waals surface area contributed by atoms with Gasteiger partial charge >= 0.3 is 0 Å². The van der Waals surface area contributed by atoms with Crippen molar-refractivity contribution in [3.05, 3.63) is 69.3 Å². The van der Waals surface area contributed by atoms with Crippen molar-refractivity contribution in [3.63, 3.8) is 0 Å². The van der Waals surface area contributed by atoms with Gasteiger partial charge in [-0.15, -0.1) is 11.3 Å². The molecule has 0 radical (unpaired) electrons. The quantitative estimate of drug-likeness (QED) is 0.754. The number of aromatic nitrogens is 1. The smallest absolute Gasteiger partial charge is 0.190 e. The third-order valence-electron chi connectivity index (χ3n) is 4.04. The molecule has 124 valence electrons. The number of hydrogen-bond acceptors (Lipinski definition) is 3. The van der Waals surface area contributed by atoms with Crippen molar-refractivity contribution >= 4 is 17.0 Å². The summed E-state index contributed by atoms with van der Waals surface area (Å²) in [6, 6.07) is 14.6. The highest BCUT2D eigenvalue weighted by molar-refractivity contribution is 7.07. The highest BCUT2D eigenvalue weighted by atomic mass is 32.1. The lowest BCUT2D eigenvalue weighted by molar-refractivity contribution is 0.275. The van der Waals surface area contributed by atoms with Gasteiger partial charge < -0.3 is 9.67 Å². The SMILES string of the molecule is Cc1ccc(N=c2scc(-c3ccc(C)cc3C)n2CCO)cc1. The van der Waals surface area contributed by atoms with Crippen molar-refractivity contribution in [2.45, 2.75) is 27.3 Å². The number of benzene rings is 2. The molecule has 0 bridgehead atoms. The summed E-state index contributed by atoms with van der Waals surface area (Å²) in [5, 5.41) is 11.6. The average molecular weight is 338 g/mol. The van der Waals surface area contributed by atoms with Gasteiger partial charge in [0.2, 0.25) is 0 Å². The molecule has 2 aromatic carbocycles. The van der Waals surface area contributed by atoms with Crippen LogP contribution in [0.2, 0.25) is 0 Å². The summed E-state index contributed by atoms with van der Waals surface area (Å²) < 4.78 is 2.10. The highest BCUT2D eigenvalue weighted by Gasteiger charge is 2.10. The van der Waals surface area contributed by atoms with E-state index in [2.05, 4.69) is 61.1 Å². The molecule has 0 aliphatic carbocycles. The molecule has 1 N–H and O–H groups in total. The molecule has 1 heterocycles. The maximum atomic E-state index is 9.49. The monoisotopic (exact) mass is 338 g/mol. The van der Waals surface area contributed by atoms with Gasteiger partial charge in [0.15, 0.2) is 4.80 Å². The van der Waals surface area contributed by atoms with Crippen molar-refractivity contribution in [1.82, 2.24) is 4.57 Å². The van der Waals surface area contributed by atoms with Gasteiger partial charge in [-0.05, 0) is 38.5 Å². The summed E-state index contributed by atoms with van der Waals surface area (Å²) >= 11 is 1.61. The molecule has 24 heavy (non-hydrogen) atoms. The minimum atomic E-state index is 0.0930. The number of aliphatic hydroxyl groups excluding tert-OH is 1. The van der Waals surface area contributed by atoms with E-state index in [4.69, 9.17) is 4.99 Å². The molecule has 0 saturated heterocycles. The zero-order valence-electron chi connectivity index (χ0n) is 14.3. The molecule has 0 saturated carbocycles. The van der Waals surface area contributed by atoms with E-state index in [0.29, 0.717) is 6.54 Å². The van der Waals surface area contributed by atoms with Gasteiger partial charge in [-0.25, -0.2) is 4.99 Å². The Kier molecular flexibility index (Phi) is 4.97. The molecule has 3 nitrogen and oxygen atoms in total. The number of rotatable bonds is 4. The largest absolute Gasteiger partial charge is 0.395 e. The first kappa shape index (κ1) is 16.7. The van der Waals surface area contributed by atoms with Gasteiger partial charge in [-0.2, -0.15) is 0 Å². The molecule has 0 spiro atoms. The van der Waals surface area contributed by atoms with E-state index in [0.717, 1.165) is 16.2 Å². The van der Waals surface area contributed by atoms with E-state index in [1.165, 1.54) is 22.3 Å².